The zero-order valence-corrected chi connectivity index (χ0v) is 18.1. The number of amidine groups is 1. The second kappa shape index (κ2) is 8.34. The number of ether oxygens (including phenoxy) is 2. The van der Waals surface area contributed by atoms with E-state index in [1.165, 1.54) is 20.1 Å². The number of nitrogens with zero attached hydrogens (tertiary/aromatic N) is 1. The summed E-state index contributed by atoms with van der Waals surface area (Å²) in [6, 6.07) is 5.18. The van der Waals surface area contributed by atoms with Gasteiger partial charge < -0.3 is 14.5 Å². The summed E-state index contributed by atoms with van der Waals surface area (Å²) in [7, 11) is -2.49. The zero-order valence-electron chi connectivity index (χ0n) is 17.3. The third-order valence-electron chi connectivity index (χ3n) is 4.78. The summed E-state index contributed by atoms with van der Waals surface area (Å²) in [5.41, 5.74) is 1.61. The van der Waals surface area contributed by atoms with E-state index < -0.39 is 40.4 Å². The fourth-order valence-corrected chi connectivity index (χ4v) is 4.48. The highest BCUT2D eigenvalue weighted by Crippen LogP contribution is 2.23. The molecule has 2 N–H and O–H groups in total. The zero-order chi connectivity index (χ0) is 22.9. The molecule has 1 unspecified atom stereocenters. The summed E-state index contributed by atoms with van der Waals surface area (Å²) in [6.07, 6.45) is 0. The van der Waals surface area contributed by atoms with Crippen molar-refractivity contribution < 1.29 is 32.3 Å². The number of fused-ring (bicyclic) bond motifs is 1. The Morgan fingerprint density at radius 3 is 2.52 bits per heavy atom. The topological polar surface area (TPSA) is 144 Å². The van der Waals surface area contributed by atoms with Gasteiger partial charge in [0.2, 0.25) is 5.78 Å². The SMILES string of the molecule is COC(=O)c1c(C)[nH]c(C(=O)COC(=O)C(C)N=C2NS(=O)(=O)c3ccccc32)c1C. The number of rotatable bonds is 6. The maximum absolute atomic E-state index is 12.5. The van der Waals surface area contributed by atoms with Crippen LogP contribution in [0.15, 0.2) is 34.2 Å². The third kappa shape index (κ3) is 4.22. The van der Waals surface area contributed by atoms with E-state index in [1.807, 2.05) is 0 Å². The Hall–Kier alpha value is -3.47. The van der Waals surface area contributed by atoms with Crippen molar-refractivity contribution in [3.63, 3.8) is 0 Å². The highest BCUT2D eigenvalue weighted by Gasteiger charge is 2.31. The highest BCUT2D eigenvalue weighted by atomic mass is 32.2. The largest absolute Gasteiger partial charge is 0.465 e. The number of nitrogens with one attached hydrogen (secondary N) is 2. The van der Waals surface area contributed by atoms with Crippen LogP contribution >= 0.6 is 0 Å². The number of sulfonamides is 1. The number of hydrogen-bond acceptors (Lipinski definition) is 8. The minimum Gasteiger partial charge on any atom is -0.465 e. The molecule has 10 nitrogen and oxygen atoms in total. The lowest BCUT2D eigenvalue weighted by Gasteiger charge is -2.09. The van der Waals surface area contributed by atoms with Crippen LogP contribution in [0.4, 0.5) is 0 Å². The molecular weight excluding hydrogens is 426 g/mol. The molecule has 1 aromatic carbocycles. The normalized spacial score (nSPS) is 16.3. The molecule has 11 heteroatoms. The van der Waals surface area contributed by atoms with E-state index >= 15 is 0 Å². The van der Waals surface area contributed by atoms with E-state index in [1.54, 1.807) is 32.0 Å². The fraction of sp³-hybridized carbons (Fsp3) is 0.300. The molecule has 31 heavy (non-hydrogen) atoms. The van der Waals surface area contributed by atoms with Gasteiger partial charge in [-0.2, -0.15) is 0 Å². The van der Waals surface area contributed by atoms with Crippen LogP contribution in [0.2, 0.25) is 0 Å². The van der Waals surface area contributed by atoms with Crippen LogP contribution in [0.3, 0.4) is 0 Å². The first-order valence-corrected chi connectivity index (χ1v) is 10.7. The summed E-state index contributed by atoms with van der Waals surface area (Å²) < 4.78 is 36.3. The number of carbonyl (C=O) groups excluding carboxylic acids is 3. The number of H-pyrrole nitrogens is 1. The first kappa shape index (κ1) is 22.2. The summed E-state index contributed by atoms with van der Waals surface area (Å²) in [5.74, 6) is -1.88. The lowest BCUT2D eigenvalue weighted by atomic mass is 10.1. The second-order valence-electron chi connectivity index (χ2n) is 6.90. The Bertz CT molecular complexity index is 1210. The van der Waals surface area contributed by atoms with E-state index in [0.717, 1.165) is 0 Å². The standard InChI is InChI=1S/C20H21N3O7S/c1-10-16(20(26)29-4)11(2)21-17(10)14(24)9-30-19(25)12(3)22-18-13-7-5-6-8-15(13)31(27,28)23-18/h5-8,12,21H,9H2,1-4H3,(H,22,23). The molecule has 164 valence electrons. The molecule has 0 amide bonds. The number of benzene rings is 1. The van der Waals surface area contributed by atoms with Gasteiger partial charge in [0, 0.05) is 11.3 Å². The molecule has 2 heterocycles. The molecule has 2 aromatic rings. The van der Waals surface area contributed by atoms with Crippen molar-refractivity contribution in [2.24, 2.45) is 4.99 Å². The van der Waals surface area contributed by atoms with Crippen molar-refractivity contribution in [3.8, 4) is 0 Å². The molecule has 0 saturated carbocycles. The summed E-state index contributed by atoms with van der Waals surface area (Å²) >= 11 is 0. The summed E-state index contributed by atoms with van der Waals surface area (Å²) in [6.45, 7) is 4.07. The molecule has 1 aliphatic rings. The molecule has 0 bridgehead atoms. The minimum absolute atomic E-state index is 0.0323. The number of carbonyl (C=O) groups is 3. The van der Waals surface area contributed by atoms with E-state index in [4.69, 9.17) is 9.47 Å². The number of methoxy groups -OCH3 is 1. The van der Waals surface area contributed by atoms with Gasteiger partial charge in [-0.1, -0.05) is 12.1 Å². The van der Waals surface area contributed by atoms with Gasteiger partial charge in [-0.3, -0.25) is 14.5 Å². The molecule has 0 saturated heterocycles. The number of hydrogen-bond donors (Lipinski definition) is 2. The van der Waals surface area contributed by atoms with Crippen molar-refractivity contribution >= 4 is 33.6 Å². The lowest BCUT2D eigenvalue weighted by molar-refractivity contribution is -0.143. The van der Waals surface area contributed by atoms with Gasteiger partial charge in [0.25, 0.3) is 10.0 Å². The Balaban J connectivity index is 1.70. The van der Waals surface area contributed by atoms with Gasteiger partial charge in [0.05, 0.1) is 23.3 Å². The van der Waals surface area contributed by atoms with E-state index in [2.05, 4.69) is 14.7 Å². The molecule has 1 aromatic heterocycles. The van der Waals surface area contributed by atoms with Crippen molar-refractivity contribution in [2.75, 3.05) is 13.7 Å². The van der Waals surface area contributed by atoms with Crippen LogP contribution < -0.4 is 4.72 Å². The minimum atomic E-state index is -3.73. The fourth-order valence-electron chi connectivity index (χ4n) is 3.24. The van der Waals surface area contributed by atoms with Crippen LogP contribution in [-0.4, -0.2) is 56.7 Å². The predicted molar refractivity (Wildman–Crippen MR) is 110 cm³/mol. The predicted octanol–water partition coefficient (Wildman–Crippen LogP) is 1.27. The Labute approximate surface area is 178 Å². The van der Waals surface area contributed by atoms with Crippen LogP contribution in [0.1, 0.15) is 44.6 Å². The molecule has 0 fully saturated rings. The van der Waals surface area contributed by atoms with Crippen molar-refractivity contribution in [2.45, 2.75) is 31.7 Å². The maximum Gasteiger partial charge on any atom is 0.339 e. The number of aromatic nitrogens is 1. The van der Waals surface area contributed by atoms with Crippen molar-refractivity contribution in [1.29, 1.82) is 0 Å². The van der Waals surface area contributed by atoms with Gasteiger partial charge in [0.15, 0.2) is 6.61 Å². The lowest BCUT2D eigenvalue weighted by Crippen LogP contribution is -2.27. The Morgan fingerprint density at radius 2 is 1.84 bits per heavy atom. The number of ketones is 1. The van der Waals surface area contributed by atoms with E-state index in [-0.39, 0.29) is 22.0 Å². The van der Waals surface area contributed by atoms with Gasteiger partial charge >= 0.3 is 11.9 Å². The van der Waals surface area contributed by atoms with Crippen molar-refractivity contribution in [1.82, 2.24) is 9.71 Å². The third-order valence-corrected chi connectivity index (χ3v) is 6.18. The Kier molecular flexibility index (Phi) is 5.98. The monoisotopic (exact) mass is 447 g/mol. The average Bonchev–Trinajstić information content (AvgIpc) is 3.17. The first-order chi connectivity index (χ1) is 14.6. The van der Waals surface area contributed by atoms with E-state index in [9.17, 15) is 22.8 Å². The summed E-state index contributed by atoms with van der Waals surface area (Å²) in [4.78, 5) is 43.6. The van der Waals surface area contributed by atoms with Crippen LogP contribution in [0.25, 0.3) is 0 Å². The van der Waals surface area contributed by atoms with Crippen LogP contribution in [-0.2, 0) is 24.3 Å². The van der Waals surface area contributed by atoms with Gasteiger partial charge in [-0.15, -0.1) is 0 Å². The van der Waals surface area contributed by atoms with E-state index in [0.29, 0.717) is 16.8 Å². The van der Waals surface area contributed by atoms with Gasteiger partial charge in [-0.05, 0) is 38.5 Å². The number of Topliss-reactive ketones (excluding diaryl/α,β-unsaturated/α-hetero) is 1. The molecule has 0 aliphatic carbocycles. The number of esters is 2. The van der Waals surface area contributed by atoms with Gasteiger partial charge in [-0.25, -0.2) is 18.0 Å². The first-order valence-electron chi connectivity index (χ1n) is 9.24. The molecule has 3 rings (SSSR count). The van der Waals surface area contributed by atoms with Crippen molar-refractivity contribution in [3.05, 3.63) is 52.3 Å². The highest BCUT2D eigenvalue weighted by molar-refractivity contribution is 7.90. The molecule has 0 radical (unpaired) electrons. The molecule has 0 spiro atoms. The quantitative estimate of drug-likeness (QED) is 0.501. The van der Waals surface area contributed by atoms with Gasteiger partial charge in [0.1, 0.15) is 11.9 Å². The second-order valence-corrected chi connectivity index (χ2v) is 8.55. The number of aromatic amines is 1. The smallest absolute Gasteiger partial charge is 0.339 e. The molecule has 1 aliphatic heterocycles. The number of aryl methyl sites for hydroxylation is 1. The summed E-state index contributed by atoms with van der Waals surface area (Å²) in [5, 5.41) is 0. The maximum atomic E-state index is 12.5. The Morgan fingerprint density at radius 1 is 1.16 bits per heavy atom. The molecular formula is C20H21N3O7S. The van der Waals surface area contributed by atoms with Crippen LogP contribution in [0.5, 0.6) is 0 Å². The average molecular weight is 447 g/mol. The molecule has 1 atom stereocenters. The van der Waals surface area contributed by atoms with Crippen LogP contribution in [0, 0.1) is 13.8 Å². The number of aliphatic imine (C=N–C) groups is 1.